The minimum absolute atomic E-state index is 0.180. The van der Waals surface area contributed by atoms with Crippen molar-refractivity contribution < 1.29 is 4.74 Å². The highest BCUT2D eigenvalue weighted by molar-refractivity contribution is 6.32. The summed E-state index contributed by atoms with van der Waals surface area (Å²) in [4.78, 5) is 13.5. The molecule has 0 amide bonds. The lowest BCUT2D eigenvalue weighted by Gasteiger charge is -2.22. The van der Waals surface area contributed by atoms with Crippen molar-refractivity contribution in [3.63, 3.8) is 0 Å². The van der Waals surface area contributed by atoms with Gasteiger partial charge in [-0.3, -0.25) is 4.98 Å². The van der Waals surface area contributed by atoms with Crippen molar-refractivity contribution in [1.82, 2.24) is 30.0 Å². The van der Waals surface area contributed by atoms with Crippen LogP contribution in [0.25, 0.3) is 27.9 Å². The summed E-state index contributed by atoms with van der Waals surface area (Å²) in [5.41, 5.74) is 8.28. The van der Waals surface area contributed by atoms with Gasteiger partial charge in [0.15, 0.2) is 5.65 Å². The fourth-order valence-corrected chi connectivity index (χ4v) is 4.91. The molecule has 0 aliphatic carbocycles. The molecule has 3 heterocycles. The van der Waals surface area contributed by atoms with Crippen LogP contribution in [0.1, 0.15) is 60.9 Å². The van der Waals surface area contributed by atoms with Crippen LogP contribution in [0.5, 0.6) is 5.75 Å². The van der Waals surface area contributed by atoms with Crippen LogP contribution in [0.15, 0.2) is 36.8 Å². The van der Waals surface area contributed by atoms with Gasteiger partial charge < -0.3 is 10.1 Å². The number of rotatable bonds is 8. The first-order valence-corrected chi connectivity index (χ1v) is 12.6. The standard InChI is InChI=1S/C28H33ClN6O/c1-8-9-10-23(30-6)24-13-20(11-12-31-24)25-16(2)22(29)14-21(27(25)36-7)19(5)35-28-26(18(4)34-35)17(3)32-15-33-28/h10-15,19,30H,8-9H2,1-7H3/b23-10+. The van der Waals surface area contributed by atoms with E-state index >= 15 is 0 Å². The lowest BCUT2D eigenvalue weighted by atomic mass is 9.93. The number of pyridine rings is 1. The Labute approximate surface area is 217 Å². The van der Waals surface area contributed by atoms with E-state index < -0.39 is 0 Å². The van der Waals surface area contributed by atoms with Gasteiger partial charge in [0, 0.05) is 29.4 Å². The van der Waals surface area contributed by atoms with Crippen molar-refractivity contribution in [3.05, 3.63) is 70.0 Å². The van der Waals surface area contributed by atoms with Crippen molar-refractivity contribution in [1.29, 1.82) is 0 Å². The number of nitrogens with zero attached hydrogens (tertiary/aromatic N) is 5. The van der Waals surface area contributed by atoms with Crippen LogP contribution in [-0.4, -0.2) is 38.9 Å². The molecular formula is C28H33ClN6O. The van der Waals surface area contributed by atoms with Crippen LogP contribution in [0.3, 0.4) is 0 Å². The highest BCUT2D eigenvalue weighted by atomic mass is 35.5. The molecule has 0 aliphatic heterocycles. The van der Waals surface area contributed by atoms with Crippen LogP contribution in [-0.2, 0) is 0 Å². The Hall–Kier alpha value is -3.45. The first-order chi connectivity index (χ1) is 17.3. The summed E-state index contributed by atoms with van der Waals surface area (Å²) in [5, 5.41) is 9.74. The Morgan fingerprint density at radius 3 is 2.64 bits per heavy atom. The molecule has 36 heavy (non-hydrogen) atoms. The van der Waals surface area contributed by atoms with Crippen LogP contribution in [0, 0.1) is 20.8 Å². The third-order valence-electron chi connectivity index (χ3n) is 6.61. The molecule has 0 aliphatic rings. The van der Waals surface area contributed by atoms with Crippen molar-refractivity contribution >= 4 is 28.3 Å². The Morgan fingerprint density at radius 2 is 1.94 bits per heavy atom. The molecule has 188 valence electrons. The maximum absolute atomic E-state index is 6.83. The zero-order chi connectivity index (χ0) is 26.0. The molecular weight excluding hydrogens is 472 g/mol. The number of ether oxygens (including phenoxy) is 1. The van der Waals surface area contributed by atoms with E-state index in [4.69, 9.17) is 21.4 Å². The van der Waals surface area contributed by atoms with E-state index in [2.05, 4.69) is 46.3 Å². The fourth-order valence-electron chi connectivity index (χ4n) is 4.70. The Balaban J connectivity index is 1.90. The largest absolute Gasteiger partial charge is 0.496 e. The third-order valence-corrected chi connectivity index (χ3v) is 7.00. The number of aromatic nitrogens is 5. The number of hydrogen-bond donors (Lipinski definition) is 1. The number of hydrogen-bond acceptors (Lipinski definition) is 6. The molecule has 8 heteroatoms. The summed E-state index contributed by atoms with van der Waals surface area (Å²) in [6.45, 7) is 10.2. The number of allylic oxidation sites excluding steroid dienone is 1. The van der Waals surface area contributed by atoms with Gasteiger partial charge >= 0.3 is 0 Å². The van der Waals surface area contributed by atoms with E-state index in [0.29, 0.717) is 5.02 Å². The van der Waals surface area contributed by atoms with Gasteiger partial charge in [-0.15, -0.1) is 0 Å². The maximum Gasteiger partial charge on any atom is 0.162 e. The second-order valence-electron chi connectivity index (χ2n) is 8.93. The highest BCUT2D eigenvalue weighted by Crippen LogP contribution is 2.43. The average Bonchev–Trinajstić information content (AvgIpc) is 3.23. The molecule has 0 saturated heterocycles. The van der Waals surface area contributed by atoms with Gasteiger partial charge in [0.2, 0.25) is 0 Å². The molecule has 0 radical (unpaired) electrons. The monoisotopic (exact) mass is 504 g/mol. The number of benzene rings is 1. The van der Waals surface area contributed by atoms with E-state index in [1.165, 1.54) is 0 Å². The molecule has 4 aromatic rings. The first kappa shape index (κ1) is 25.6. The SMILES string of the molecule is CCC/C=C(/NC)c1cc(-c2c(C)c(Cl)cc(C(C)n3nc(C)c4c(C)ncnc43)c2OC)ccn1. The molecule has 1 aromatic carbocycles. The van der Waals surface area contributed by atoms with Crippen molar-refractivity contribution in [2.24, 2.45) is 0 Å². The summed E-state index contributed by atoms with van der Waals surface area (Å²) >= 11 is 6.83. The number of methoxy groups -OCH3 is 1. The summed E-state index contributed by atoms with van der Waals surface area (Å²) in [7, 11) is 3.62. The first-order valence-electron chi connectivity index (χ1n) is 12.2. The van der Waals surface area contributed by atoms with Gasteiger partial charge in [-0.25, -0.2) is 14.6 Å². The molecule has 0 spiro atoms. The summed E-state index contributed by atoms with van der Waals surface area (Å²) in [5.74, 6) is 0.761. The number of nitrogens with one attached hydrogen (secondary N) is 1. The second kappa shape index (κ2) is 10.7. The van der Waals surface area contributed by atoms with Crippen molar-refractivity contribution in [2.75, 3.05) is 14.2 Å². The van der Waals surface area contributed by atoms with Crippen molar-refractivity contribution in [3.8, 4) is 16.9 Å². The fraction of sp³-hybridized carbons (Fsp3) is 0.357. The predicted molar refractivity (Wildman–Crippen MR) is 147 cm³/mol. The average molecular weight is 505 g/mol. The molecule has 3 aromatic heterocycles. The van der Waals surface area contributed by atoms with Crippen molar-refractivity contribution in [2.45, 2.75) is 53.5 Å². The van der Waals surface area contributed by atoms with Gasteiger partial charge in [0.05, 0.1) is 41.3 Å². The number of unbranched alkanes of at least 4 members (excludes halogenated alkanes) is 1. The molecule has 0 bridgehead atoms. The molecule has 1 atom stereocenters. The zero-order valence-corrected chi connectivity index (χ0v) is 22.7. The van der Waals surface area contributed by atoms with Crippen LogP contribution < -0.4 is 10.1 Å². The number of aryl methyl sites for hydroxylation is 2. The van der Waals surface area contributed by atoms with Crippen LogP contribution >= 0.6 is 11.6 Å². The van der Waals surface area contributed by atoms with Crippen LogP contribution in [0.2, 0.25) is 5.02 Å². The number of fused-ring (bicyclic) bond motifs is 1. The van der Waals surface area contributed by atoms with E-state index in [9.17, 15) is 0 Å². The Kier molecular flexibility index (Phi) is 7.59. The van der Waals surface area contributed by atoms with E-state index in [-0.39, 0.29) is 6.04 Å². The Morgan fingerprint density at radius 1 is 1.17 bits per heavy atom. The van der Waals surface area contributed by atoms with Gasteiger partial charge in [-0.05, 0) is 63.4 Å². The van der Waals surface area contributed by atoms with E-state index in [1.54, 1.807) is 13.4 Å². The quantitative estimate of drug-likeness (QED) is 0.297. The molecule has 4 rings (SSSR count). The summed E-state index contributed by atoms with van der Waals surface area (Å²) in [6.07, 6.45) is 7.63. The third kappa shape index (κ3) is 4.55. The normalized spacial score (nSPS) is 12.7. The predicted octanol–water partition coefficient (Wildman–Crippen LogP) is 6.45. The summed E-state index contributed by atoms with van der Waals surface area (Å²) < 4.78 is 7.99. The van der Waals surface area contributed by atoms with E-state index in [0.717, 1.165) is 74.7 Å². The van der Waals surface area contributed by atoms with E-state index in [1.807, 2.05) is 50.8 Å². The number of halogens is 1. The lowest BCUT2D eigenvalue weighted by molar-refractivity contribution is 0.402. The molecule has 0 saturated carbocycles. The molecule has 0 fully saturated rings. The zero-order valence-electron chi connectivity index (χ0n) is 22.0. The van der Waals surface area contributed by atoms with Crippen LogP contribution in [0.4, 0.5) is 0 Å². The van der Waals surface area contributed by atoms with Gasteiger partial charge in [-0.1, -0.05) is 31.0 Å². The topological polar surface area (TPSA) is 77.8 Å². The van der Waals surface area contributed by atoms with Gasteiger partial charge in [-0.2, -0.15) is 5.10 Å². The molecule has 1 N–H and O–H groups in total. The summed E-state index contributed by atoms with van der Waals surface area (Å²) in [6, 6.07) is 5.87. The minimum atomic E-state index is -0.180. The maximum atomic E-state index is 6.83. The molecule has 1 unspecified atom stereocenters. The lowest BCUT2D eigenvalue weighted by Crippen LogP contribution is -2.12. The smallest absolute Gasteiger partial charge is 0.162 e. The second-order valence-corrected chi connectivity index (χ2v) is 9.34. The highest BCUT2D eigenvalue weighted by Gasteiger charge is 2.25. The minimum Gasteiger partial charge on any atom is -0.496 e. The Bertz CT molecular complexity index is 1440. The van der Waals surface area contributed by atoms with Gasteiger partial charge in [0.25, 0.3) is 0 Å². The molecule has 7 nitrogen and oxygen atoms in total. The van der Waals surface area contributed by atoms with Gasteiger partial charge in [0.1, 0.15) is 12.1 Å².